The van der Waals surface area contributed by atoms with Crippen LogP contribution >= 0.6 is 0 Å². The zero-order valence-electron chi connectivity index (χ0n) is 9.33. The van der Waals surface area contributed by atoms with Crippen LogP contribution in [0.25, 0.3) is 6.08 Å². The molecule has 0 saturated heterocycles. The summed E-state index contributed by atoms with van der Waals surface area (Å²) >= 11 is 0. The predicted molar refractivity (Wildman–Crippen MR) is 61.1 cm³/mol. The molecule has 0 fully saturated rings. The van der Waals surface area contributed by atoms with Crippen LogP contribution in [0.4, 0.5) is 0 Å². The van der Waals surface area contributed by atoms with Gasteiger partial charge in [-0.3, -0.25) is 4.98 Å². The van der Waals surface area contributed by atoms with Crippen molar-refractivity contribution in [2.75, 3.05) is 7.05 Å². The Balaban J connectivity index is 2.81. The first-order chi connectivity index (χ1) is 6.63. The smallest absolute Gasteiger partial charge is 0.0629 e. The van der Waals surface area contributed by atoms with Crippen LogP contribution in [0.5, 0.6) is 0 Å². The number of aryl methyl sites for hydroxylation is 1. The van der Waals surface area contributed by atoms with E-state index in [1.54, 1.807) is 0 Å². The van der Waals surface area contributed by atoms with Crippen LogP contribution in [0.1, 0.15) is 25.1 Å². The molecule has 0 aliphatic rings. The number of nitrogens with zero attached hydrogens (tertiary/aromatic N) is 1. The molecular formula is C12H18N2. The summed E-state index contributed by atoms with van der Waals surface area (Å²) < 4.78 is 0. The van der Waals surface area contributed by atoms with E-state index >= 15 is 0 Å². The van der Waals surface area contributed by atoms with Crippen LogP contribution in [0.3, 0.4) is 0 Å². The summed E-state index contributed by atoms with van der Waals surface area (Å²) in [5.41, 5.74) is 3.51. The maximum Gasteiger partial charge on any atom is 0.0629 e. The van der Waals surface area contributed by atoms with Gasteiger partial charge < -0.3 is 5.32 Å². The molecule has 0 bridgehead atoms. The predicted octanol–water partition coefficient (Wildman–Crippen LogP) is 2.40. The summed E-state index contributed by atoms with van der Waals surface area (Å²) in [6.07, 6.45) is 4.00. The highest BCUT2D eigenvalue weighted by Crippen LogP contribution is 2.07. The summed E-state index contributed by atoms with van der Waals surface area (Å²) in [5.74, 6) is 0. The lowest BCUT2D eigenvalue weighted by Crippen LogP contribution is -2.22. The molecule has 0 aliphatic heterocycles. The van der Waals surface area contributed by atoms with Crippen molar-refractivity contribution < 1.29 is 0 Å². The van der Waals surface area contributed by atoms with Crippen molar-refractivity contribution >= 4 is 6.08 Å². The molecule has 1 rings (SSSR count). The van der Waals surface area contributed by atoms with Gasteiger partial charge in [0.05, 0.1) is 5.69 Å². The molecule has 1 unspecified atom stereocenters. The van der Waals surface area contributed by atoms with Crippen LogP contribution in [0, 0.1) is 6.92 Å². The molecule has 76 valence electrons. The fourth-order valence-electron chi connectivity index (χ4n) is 1.15. The van der Waals surface area contributed by atoms with Crippen LogP contribution in [-0.2, 0) is 0 Å². The topological polar surface area (TPSA) is 24.9 Å². The quantitative estimate of drug-likeness (QED) is 0.791. The summed E-state index contributed by atoms with van der Waals surface area (Å²) in [5, 5.41) is 3.20. The van der Waals surface area contributed by atoms with E-state index in [9.17, 15) is 0 Å². The molecule has 2 heteroatoms. The minimum Gasteiger partial charge on any atom is -0.314 e. The van der Waals surface area contributed by atoms with Gasteiger partial charge in [-0.1, -0.05) is 11.6 Å². The number of pyridine rings is 1. The molecule has 0 radical (unpaired) electrons. The van der Waals surface area contributed by atoms with Crippen molar-refractivity contribution in [3.05, 3.63) is 35.2 Å². The lowest BCUT2D eigenvalue weighted by Gasteiger charge is -2.10. The monoisotopic (exact) mass is 190 g/mol. The summed E-state index contributed by atoms with van der Waals surface area (Å²) in [4.78, 5) is 4.33. The Hall–Kier alpha value is -1.15. The second-order valence-electron chi connectivity index (χ2n) is 3.66. The van der Waals surface area contributed by atoms with E-state index < -0.39 is 0 Å². The van der Waals surface area contributed by atoms with Gasteiger partial charge in [-0.2, -0.15) is 0 Å². The second kappa shape index (κ2) is 4.91. The Kier molecular flexibility index (Phi) is 3.84. The van der Waals surface area contributed by atoms with Crippen molar-refractivity contribution in [1.82, 2.24) is 10.3 Å². The standard InChI is InChI=1S/C12H18N2/c1-9-5-6-12(14-8-9)7-10(2)11(3)13-4/h5-8,11,13H,1-4H3/b10-7+. The molecule has 0 spiro atoms. The average molecular weight is 190 g/mol. The van der Waals surface area contributed by atoms with Crippen molar-refractivity contribution in [3.8, 4) is 0 Å². The van der Waals surface area contributed by atoms with Crippen LogP contribution in [0.2, 0.25) is 0 Å². The molecule has 0 amide bonds. The Morgan fingerprint density at radius 3 is 2.71 bits per heavy atom. The molecule has 0 aliphatic carbocycles. The highest BCUT2D eigenvalue weighted by Gasteiger charge is 2.00. The van der Waals surface area contributed by atoms with Gasteiger partial charge in [0.2, 0.25) is 0 Å². The molecule has 0 saturated carbocycles. The van der Waals surface area contributed by atoms with Crippen molar-refractivity contribution in [2.45, 2.75) is 26.8 Å². The largest absolute Gasteiger partial charge is 0.314 e. The van der Waals surface area contributed by atoms with Crippen LogP contribution in [-0.4, -0.2) is 18.1 Å². The van der Waals surface area contributed by atoms with Gasteiger partial charge in [-0.15, -0.1) is 0 Å². The highest BCUT2D eigenvalue weighted by molar-refractivity contribution is 5.49. The molecule has 0 aromatic carbocycles. The zero-order valence-corrected chi connectivity index (χ0v) is 9.33. The summed E-state index contributed by atoms with van der Waals surface area (Å²) in [6.45, 7) is 6.30. The van der Waals surface area contributed by atoms with Crippen LogP contribution < -0.4 is 5.32 Å². The third-order valence-electron chi connectivity index (χ3n) is 2.43. The van der Waals surface area contributed by atoms with E-state index in [1.807, 2.05) is 26.2 Å². The van der Waals surface area contributed by atoms with Crippen molar-refractivity contribution in [2.24, 2.45) is 0 Å². The molecule has 1 aromatic rings. The number of aromatic nitrogens is 1. The van der Waals surface area contributed by atoms with E-state index in [4.69, 9.17) is 0 Å². The number of hydrogen-bond donors (Lipinski definition) is 1. The number of nitrogens with one attached hydrogen (secondary N) is 1. The Labute approximate surface area is 86.1 Å². The van der Waals surface area contributed by atoms with Gasteiger partial charge in [-0.25, -0.2) is 0 Å². The molecule has 1 heterocycles. The SMILES string of the molecule is CNC(C)/C(C)=C/c1ccc(C)cn1. The number of hydrogen-bond acceptors (Lipinski definition) is 2. The molecule has 1 atom stereocenters. The summed E-state index contributed by atoms with van der Waals surface area (Å²) in [6, 6.07) is 4.52. The van der Waals surface area contributed by atoms with E-state index in [-0.39, 0.29) is 0 Å². The molecule has 14 heavy (non-hydrogen) atoms. The highest BCUT2D eigenvalue weighted by atomic mass is 14.9. The van der Waals surface area contributed by atoms with Gasteiger partial charge in [0.15, 0.2) is 0 Å². The van der Waals surface area contributed by atoms with Gasteiger partial charge in [-0.05, 0) is 45.5 Å². The lowest BCUT2D eigenvalue weighted by molar-refractivity contribution is 0.696. The van der Waals surface area contributed by atoms with Gasteiger partial charge in [0.1, 0.15) is 0 Å². The molecule has 2 nitrogen and oxygen atoms in total. The average Bonchev–Trinajstić information content (AvgIpc) is 2.20. The fourth-order valence-corrected chi connectivity index (χ4v) is 1.15. The first-order valence-electron chi connectivity index (χ1n) is 4.91. The summed E-state index contributed by atoms with van der Waals surface area (Å²) in [7, 11) is 1.96. The van der Waals surface area contributed by atoms with E-state index in [2.05, 4.69) is 36.3 Å². The first kappa shape index (κ1) is 10.9. The third kappa shape index (κ3) is 2.96. The zero-order chi connectivity index (χ0) is 10.6. The van der Waals surface area contributed by atoms with E-state index in [1.165, 1.54) is 11.1 Å². The maximum atomic E-state index is 4.33. The third-order valence-corrected chi connectivity index (χ3v) is 2.43. The fraction of sp³-hybridized carbons (Fsp3) is 0.417. The van der Waals surface area contributed by atoms with Crippen molar-refractivity contribution in [3.63, 3.8) is 0 Å². The molecule has 1 N–H and O–H groups in total. The number of likely N-dealkylation sites (N-methyl/N-ethyl adjacent to an activating group) is 1. The van der Waals surface area contributed by atoms with Crippen LogP contribution in [0.15, 0.2) is 23.9 Å². The Morgan fingerprint density at radius 1 is 1.50 bits per heavy atom. The maximum absolute atomic E-state index is 4.33. The lowest BCUT2D eigenvalue weighted by atomic mass is 10.1. The molecule has 1 aromatic heterocycles. The van der Waals surface area contributed by atoms with E-state index in [0.29, 0.717) is 6.04 Å². The second-order valence-corrected chi connectivity index (χ2v) is 3.66. The minimum atomic E-state index is 0.401. The minimum absolute atomic E-state index is 0.401. The van der Waals surface area contributed by atoms with Gasteiger partial charge in [0.25, 0.3) is 0 Å². The Bertz CT molecular complexity index is 312. The molecular weight excluding hydrogens is 172 g/mol. The van der Waals surface area contributed by atoms with Gasteiger partial charge in [0, 0.05) is 12.2 Å². The number of rotatable bonds is 3. The van der Waals surface area contributed by atoms with Gasteiger partial charge >= 0.3 is 0 Å². The normalized spacial score (nSPS) is 14.1. The van der Waals surface area contributed by atoms with Crippen molar-refractivity contribution in [1.29, 1.82) is 0 Å². The first-order valence-corrected chi connectivity index (χ1v) is 4.91. The Morgan fingerprint density at radius 2 is 2.21 bits per heavy atom. The van der Waals surface area contributed by atoms with E-state index in [0.717, 1.165) is 5.69 Å².